The third-order valence-corrected chi connectivity index (χ3v) is 3.21. The van der Waals surface area contributed by atoms with Crippen LogP contribution in [0.3, 0.4) is 0 Å². The van der Waals surface area contributed by atoms with Gasteiger partial charge in [-0.1, -0.05) is 18.2 Å². The fourth-order valence-corrected chi connectivity index (χ4v) is 2.12. The molecular weight excluding hydrogens is 242 g/mol. The Labute approximate surface area is 112 Å². The van der Waals surface area contributed by atoms with Crippen molar-refractivity contribution in [3.8, 4) is 6.01 Å². The molecule has 5 nitrogen and oxygen atoms in total. The van der Waals surface area contributed by atoms with E-state index in [2.05, 4.69) is 14.9 Å². The van der Waals surface area contributed by atoms with E-state index >= 15 is 0 Å². The van der Waals surface area contributed by atoms with Gasteiger partial charge in [0, 0.05) is 31.2 Å². The van der Waals surface area contributed by atoms with Crippen molar-refractivity contribution in [2.24, 2.45) is 0 Å². The second-order valence-corrected chi connectivity index (χ2v) is 4.51. The monoisotopic (exact) mass is 259 g/mol. The van der Waals surface area contributed by atoms with Crippen molar-refractivity contribution in [1.29, 1.82) is 0 Å². The molecule has 1 aromatic heterocycles. The molecule has 1 aliphatic heterocycles. The molecule has 0 spiro atoms. The van der Waals surface area contributed by atoms with Gasteiger partial charge in [0.15, 0.2) is 0 Å². The average Bonchev–Trinajstić information content (AvgIpc) is 2.48. The van der Waals surface area contributed by atoms with Crippen LogP contribution in [0.25, 0.3) is 10.9 Å². The maximum atomic E-state index is 5.61. The highest BCUT2D eigenvalue weighted by atomic mass is 16.5. The summed E-state index contributed by atoms with van der Waals surface area (Å²) in [7, 11) is 0. The number of morpholine rings is 1. The Kier molecular flexibility index (Phi) is 3.86. The first-order valence-electron chi connectivity index (χ1n) is 6.56. The number of para-hydroxylation sites is 1. The Morgan fingerprint density at radius 2 is 2.05 bits per heavy atom. The summed E-state index contributed by atoms with van der Waals surface area (Å²) in [6.45, 7) is 5.07. The fraction of sp³-hybridized carbons (Fsp3) is 0.429. The van der Waals surface area contributed by atoms with E-state index in [4.69, 9.17) is 9.47 Å². The largest absolute Gasteiger partial charge is 0.462 e. The Morgan fingerprint density at radius 1 is 1.21 bits per heavy atom. The number of ether oxygens (including phenoxy) is 2. The molecule has 1 aliphatic rings. The number of rotatable bonds is 4. The van der Waals surface area contributed by atoms with E-state index in [1.807, 2.05) is 24.3 Å². The van der Waals surface area contributed by atoms with E-state index in [-0.39, 0.29) is 0 Å². The SMILES string of the molecule is c1ccc2nc(OCCN3CCOCC3)ncc2c1. The highest BCUT2D eigenvalue weighted by Crippen LogP contribution is 2.12. The highest BCUT2D eigenvalue weighted by Gasteiger charge is 2.10. The van der Waals surface area contributed by atoms with Crippen molar-refractivity contribution in [2.75, 3.05) is 39.5 Å². The van der Waals surface area contributed by atoms with Gasteiger partial charge in [-0.25, -0.2) is 4.98 Å². The first-order valence-corrected chi connectivity index (χ1v) is 6.56. The molecule has 0 amide bonds. The molecule has 5 heteroatoms. The third-order valence-electron chi connectivity index (χ3n) is 3.21. The van der Waals surface area contributed by atoms with Crippen molar-refractivity contribution in [3.63, 3.8) is 0 Å². The Bertz CT molecular complexity index is 541. The summed E-state index contributed by atoms with van der Waals surface area (Å²) < 4.78 is 10.9. The van der Waals surface area contributed by atoms with Crippen LogP contribution in [0.1, 0.15) is 0 Å². The summed E-state index contributed by atoms with van der Waals surface area (Å²) in [6, 6.07) is 8.35. The zero-order valence-electron chi connectivity index (χ0n) is 10.8. The van der Waals surface area contributed by atoms with Gasteiger partial charge >= 0.3 is 6.01 Å². The van der Waals surface area contributed by atoms with E-state index in [1.165, 1.54) is 0 Å². The lowest BCUT2D eigenvalue weighted by Crippen LogP contribution is -2.38. The lowest BCUT2D eigenvalue weighted by Gasteiger charge is -2.26. The van der Waals surface area contributed by atoms with Crippen molar-refractivity contribution >= 4 is 10.9 Å². The van der Waals surface area contributed by atoms with Crippen LogP contribution in [0.5, 0.6) is 6.01 Å². The van der Waals surface area contributed by atoms with Crippen LogP contribution in [0.4, 0.5) is 0 Å². The van der Waals surface area contributed by atoms with Crippen LogP contribution in [0.15, 0.2) is 30.5 Å². The van der Waals surface area contributed by atoms with Crippen molar-refractivity contribution in [2.45, 2.75) is 0 Å². The predicted octanol–water partition coefficient (Wildman–Crippen LogP) is 1.34. The molecule has 1 saturated heterocycles. The third kappa shape index (κ3) is 3.19. The van der Waals surface area contributed by atoms with E-state index in [1.54, 1.807) is 6.20 Å². The summed E-state index contributed by atoms with van der Waals surface area (Å²) in [5.74, 6) is 0. The molecule has 2 aromatic rings. The molecule has 100 valence electrons. The van der Waals surface area contributed by atoms with Crippen LogP contribution in [0.2, 0.25) is 0 Å². The smallest absolute Gasteiger partial charge is 0.316 e. The molecule has 0 saturated carbocycles. The molecule has 0 atom stereocenters. The number of benzene rings is 1. The second-order valence-electron chi connectivity index (χ2n) is 4.51. The number of hydrogen-bond acceptors (Lipinski definition) is 5. The molecular formula is C14H17N3O2. The van der Waals surface area contributed by atoms with Gasteiger partial charge < -0.3 is 9.47 Å². The summed E-state index contributed by atoms with van der Waals surface area (Å²) in [5, 5.41) is 1.03. The van der Waals surface area contributed by atoms with Gasteiger partial charge in [0.25, 0.3) is 0 Å². The normalized spacial score (nSPS) is 16.6. The van der Waals surface area contributed by atoms with Gasteiger partial charge in [0.05, 0.1) is 18.7 Å². The van der Waals surface area contributed by atoms with Crippen LogP contribution in [0, 0.1) is 0 Å². The highest BCUT2D eigenvalue weighted by molar-refractivity contribution is 5.77. The van der Waals surface area contributed by atoms with Crippen LogP contribution in [-0.4, -0.2) is 54.3 Å². The number of hydrogen-bond donors (Lipinski definition) is 0. The number of aromatic nitrogens is 2. The van der Waals surface area contributed by atoms with Crippen molar-refractivity contribution < 1.29 is 9.47 Å². The zero-order chi connectivity index (χ0) is 12.9. The molecule has 1 aromatic carbocycles. The Hall–Kier alpha value is -1.72. The quantitative estimate of drug-likeness (QED) is 0.829. The van der Waals surface area contributed by atoms with E-state index in [0.29, 0.717) is 12.6 Å². The molecule has 2 heterocycles. The van der Waals surface area contributed by atoms with Crippen LogP contribution >= 0.6 is 0 Å². The van der Waals surface area contributed by atoms with Gasteiger partial charge in [0.1, 0.15) is 6.61 Å². The lowest BCUT2D eigenvalue weighted by molar-refractivity contribution is 0.0317. The maximum absolute atomic E-state index is 5.61. The van der Waals surface area contributed by atoms with Crippen LogP contribution < -0.4 is 4.74 Å². The first kappa shape index (κ1) is 12.3. The average molecular weight is 259 g/mol. The maximum Gasteiger partial charge on any atom is 0.316 e. The minimum Gasteiger partial charge on any atom is -0.462 e. The molecule has 0 unspecified atom stereocenters. The molecule has 19 heavy (non-hydrogen) atoms. The lowest BCUT2D eigenvalue weighted by atomic mass is 10.2. The topological polar surface area (TPSA) is 47.5 Å². The van der Waals surface area contributed by atoms with Crippen molar-refractivity contribution in [1.82, 2.24) is 14.9 Å². The Morgan fingerprint density at radius 3 is 2.95 bits per heavy atom. The summed E-state index contributed by atoms with van der Waals surface area (Å²) in [6.07, 6.45) is 1.80. The van der Waals surface area contributed by atoms with Gasteiger partial charge in [-0.2, -0.15) is 4.98 Å². The van der Waals surface area contributed by atoms with Gasteiger partial charge in [-0.05, 0) is 6.07 Å². The van der Waals surface area contributed by atoms with E-state index in [9.17, 15) is 0 Å². The van der Waals surface area contributed by atoms with Gasteiger partial charge in [-0.3, -0.25) is 4.90 Å². The standard InChI is InChI=1S/C14H17N3O2/c1-2-4-13-12(3-1)11-15-14(16-13)19-10-7-17-5-8-18-9-6-17/h1-4,11H,5-10H2. The summed E-state index contributed by atoms with van der Waals surface area (Å²) in [4.78, 5) is 10.9. The number of fused-ring (bicyclic) bond motifs is 1. The fourth-order valence-electron chi connectivity index (χ4n) is 2.12. The molecule has 1 fully saturated rings. The molecule has 0 radical (unpaired) electrons. The van der Waals surface area contributed by atoms with Crippen molar-refractivity contribution in [3.05, 3.63) is 30.5 Å². The Balaban J connectivity index is 1.56. The molecule has 0 N–H and O–H groups in total. The van der Waals surface area contributed by atoms with Crippen LogP contribution in [-0.2, 0) is 4.74 Å². The summed E-state index contributed by atoms with van der Waals surface area (Å²) >= 11 is 0. The van der Waals surface area contributed by atoms with Gasteiger partial charge in [-0.15, -0.1) is 0 Å². The molecule has 0 bridgehead atoms. The summed E-state index contributed by atoms with van der Waals surface area (Å²) in [5.41, 5.74) is 0.916. The van der Waals surface area contributed by atoms with E-state index in [0.717, 1.165) is 43.8 Å². The minimum atomic E-state index is 0.451. The second kappa shape index (κ2) is 5.95. The van der Waals surface area contributed by atoms with Gasteiger partial charge in [0.2, 0.25) is 0 Å². The molecule has 0 aliphatic carbocycles. The minimum absolute atomic E-state index is 0.451. The zero-order valence-corrected chi connectivity index (χ0v) is 10.8. The predicted molar refractivity (Wildman–Crippen MR) is 72.3 cm³/mol. The molecule has 3 rings (SSSR count). The first-order chi connectivity index (χ1) is 9.42. The van der Waals surface area contributed by atoms with E-state index < -0.39 is 0 Å². The number of nitrogens with zero attached hydrogens (tertiary/aromatic N) is 3.